The summed E-state index contributed by atoms with van der Waals surface area (Å²) in [5, 5.41) is 0. The Kier molecular flexibility index (Phi) is 4.86. The first-order valence-electron chi connectivity index (χ1n) is 9.48. The second-order valence-corrected chi connectivity index (χ2v) is 7.19. The Morgan fingerprint density at radius 2 is 0.933 bits per heavy atom. The number of benzene rings is 4. The maximum absolute atomic E-state index is 12.1. The molecule has 0 heterocycles. The predicted molar refractivity (Wildman–Crippen MR) is 125 cm³/mol. The van der Waals surface area contributed by atoms with Crippen molar-refractivity contribution in [2.45, 2.75) is 0 Å². The summed E-state index contributed by atoms with van der Waals surface area (Å²) in [5.74, 6) is 0.00426. The van der Waals surface area contributed by atoms with E-state index in [1.807, 2.05) is 60.7 Å². The van der Waals surface area contributed by atoms with Gasteiger partial charge in [-0.15, -0.1) is 0 Å². The highest BCUT2D eigenvalue weighted by Gasteiger charge is 2.26. The van der Waals surface area contributed by atoms with Crippen LogP contribution < -0.4 is 22.9 Å². The lowest BCUT2D eigenvalue weighted by Crippen LogP contribution is -1.97. The maximum atomic E-state index is 12.1. The number of nitrogens with two attached hydrogens (primary N) is 4. The molecule has 0 fully saturated rings. The number of fused-ring (bicyclic) bond motifs is 3. The molecule has 5 heteroatoms. The van der Waals surface area contributed by atoms with Crippen molar-refractivity contribution in [3.05, 3.63) is 96.1 Å². The average Bonchev–Trinajstić information content (AvgIpc) is 3.00. The molecule has 0 aromatic heterocycles. The molecule has 0 aliphatic heterocycles. The molecule has 1 aliphatic rings. The minimum absolute atomic E-state index is 0.00426. The van der Waals surface area contributed by atoms with Crippen LogP contribution in [0.1, 0.15) is 15.9 Å². The predicted octanol–water partition coefficient (Wildman–Crippen LogP) is 4.58. The highest BCUT2D eigenvalue weighted by atomic mass is 16.1. The van der Waals surface area contributed by atoms with Gasteiger partial charge in [0.1, 0.15) is 0 Å². The van der Waals surface area contributed by atoms with E-state index in [9.17, 15) is 4.79 Å². The van der Waals surface area contributed by atoms with Gasteiger partial charge in [-0.2, -0.15) is 0 Å². The van der Waals surface area contributed by atoms with Crippen molar-refractivity contribution in [2.24, 2.45) is 0 Å². The number of anilines is 4. The minimum Gasteiger partial charge on any atom is -0.399 e. The summed E-state index contributed by atoms with van der Waals surface area (Å²) in [7, 11) is 0. The van der Waals surface area contributed by atoms with Gasteiger partial charge in [0.2, 0.25) is 0 Å². The second kappa shape index (κ2) is 7.64. The Labute approximate surface area is 174 Å². The summed E-state index contributed by atoms with van der Waals surface area (Å²) in [4.78, 5) is 12.1. The molecule has 0 bridgehead atoms. The van der Waals surface area contributed by atoms with E-state index in [1.54, 1.807) is 24.3 Å². The highest BCUT2D eigenvalue weighted by molar-refractivity contribution is 6.22. The summed E-state index contributed by atoms with van der Waals surface area (Å²) < 4.78 is 0. The molecule has 5 rings (SSSR count). The van der Waals surface area contributed by atoms with Crippen molar-refractivity contribution in [1.29, 1.82) is 0 Å². The van der Waals surface area contributed by atoms with Gasteiger partial charge in [-0.05, 0) is 70.8 Å². The van der Waals surface area contributed by atoms with Crippen molar-refractivity contribution < 1.29 is 4.79 Å². The third-order valence-corrected chi connectivity index (χ3v) is 5.00. The van der Waals surface area contributed by atoms with Crippen LogP contribution in [-0.2, 0) is 0 Å². The van der Waals surface area contributed by atoms with Crippen molar-refractivity contribution in [3.8, 4) is 22.3 Å². The Bertz CT molecular complexity index is 1190. The Hall–Kier alpha value is -4.25. The molecule has 0 spiro atoms. The zero-order valence-corrected chi connectivity index (χ0v) is 16.3. The zero-order valence-electron chi connectivity index (χ0n) is 16.3. The lowest BCUT2D eigenvalue weighted by Gasteiger charge is -2.02. The minimum atomic E-state index is 0.00426. The standard InChI is InChI=1S/C13H10N2O.C12H12N2/c14-7-1-3-9-10-4-2-8(15)6-12(10)13(16)11(9)5-7;13-11-6-4-9(5-7-11)10-2-1-3-12(14)8-10/h1-6H,14-15H2;1-8H,13-14H2. The summed E-state index contributed by atoms with van der Waals surface area (Å²) in [6, 6.07) is 26.4. The van der Waals surface area contributed by atoms with Gasteiger partial charge in [-0.1, -0.05) is 36.4 Å². The molecular weight excluding hydrogens is 372 g/mol. The Morgan fingerprint density at radius 1 is 0.433 bits per heavy atom. The topological polar surface area (TPSA) is 121 Å². The molecule has 0 saturated heterocycles. The molecule has 0 atom stereocenters. The van der Waals surface area contributed by atoms with E-state index in [0.717, 1.165) is 33.6 Å². The molecule has 0 amide bonds. The summed E-state index contributed by atoms with van der Waals surface area (Å²) in [6.45, 7) is 0. The van der Waals surface area contributed by atoms with Gasteiger partial charge in [-0.3, -0.25) is 4.79 Å². The Balaban J connectivity index is 0.000000147. The van der Waals surface area contributed by atoms with Crippen LogP contribution in [0.4, 0.5) is 22.7 Å². The quantitative estimate of drug-likeness (QED) is 0.310. The van der Waals surface area contributed by atoms with E-state index >= 15 is 0 Å². The van der Waals surface area contributed by atoms with Crippen LogP contribution in [0.15, 0.2) is 84.9 Å². The van der Waals surface area contributed by atoms with Crippen molar-refractivity contribution in [3.63, 3.8) is 0 Å². The van der Waals surface area contributed by atoms with Crippen molar-refractivity contribution in [1.82, 2.24) is 0 Å². The number of rotatable bonds is 1. The molecule has 4 aromatic carbocycles. The number of ketones is 1. The first kappa shape index (κ1) is 19.1. The summed E-state index contributed by atoms with van der Waals surface area (Å²) >= 11 is 0. The molecule has 0 saturated carbocycles. The third kappa shape index (κ3) is 3.69. The van der Waals surface area contributed by atoms with Gasteiger partial charge < -0.3 is 22.9 Å². The van der Waals surface area contributed by atoms with E-state index in [-0.39, 0.29) is 5.78 Å². The first-order chi connectivity index (χ1) is 14.4. The van der Waals surface area contributed by atoms with E-state index in [1.165, 1.54) is 0 Å². The molecule has 0 unspecified atom stereocenters. The second-order valence-electron chi connectivity index (χ2n) is 7.19. The van der Waals surface area contributed by atoms with Crippen molar-refractivity contribution in [2.75, 3.05) is 22.9 Å². The van der Waals surface area contributed by atoms with Crippen LogP contribution in [0.2, 0.25) is 0 Å². The average molecular weight is 394 g/mol. The van der Waals surface area contributed by atoms with Crippen LogP contribution in [0.25, 0.3) is 22.3 Å². The molecule has 1 aliphatic carbocycles. The Morgan fingerprint density at radius 3 is 1.47 bits per heavy atom. The van der Waals surface area contributed by atoms with Crippen LogP contribution in [0.5, 0.6) is 0 Å². The highest BCUT2D eigenvalue weighted by Crippen LogP contribution is 2.38. The molecule has 148 valence electrons. The van der Waals surface area contributed by atoms with Crippen LogP contribution in [0.3, 0.4) is 0 Å². The fourth-order valence-corrected chi connectivity index (χ4v) is 3.51. The number of hydrogen-bond donors (Lipinski definition) is 4. The molecule has 5 nitrogen and oxygen atoms in total. The summed E-state index contributed by atoms with van der Waals surface area (Å²) in [6.07, 6.45) is 0. The fraction of sp³-hybridized carbons (Fsp3) is 0. The van der Waals surface area contributed by atoms with E-state index in [0.29, 0.717) is 22.5 Å². The number of carbonyl (C=O) groups is 1. The zero-order chi connectivity index (χ0) is 21.3. The van der Waals surface area contributed by atoms with Gasteiger partial charge in [0.05, 0.1) is 0 Å². The molecule has 30 heavy (non-hydrogen) atoms. The molecule has 8 N–H and O–H groups in total. The fourth-order valence-electron chi connectivity index (χ4n) is 3.51. The smallest absolute Gasteiger partial charge is 0.194 e. The van der Waals surface area contributed by atoms with E-state index in [2.05, 4.69) is 0 Å². The van der Waals surface area contributed by atoms with Crippen LogP contribution in [-0.4, -0.2) is 5.78 Å². The lowest BCUT2D eigenvalue weighted by atomic mass is 10.1. The third-order valence-electron chi connectivity index (χ3n) is 5.00. The van der Waals surface area contributed by atoms with E-state index < -0.39 is 0 Å². The normalized spacial score (nSPS) is 11.3. The van der Waals surface area contributed by atoms with E-state index in [4.69, 9.17) is 22.9 Å². The van der Waals surface area contributed by atoms with Gasteiger partial charge in [-0.25, -0.2) is 0 Å². The monoisotopic (exact) mass is 394 g/mol. The van der Waals surface area contributed by atoms with Gasteiger partial charge in [0.15, 0.2) is 5.78 Å². The number of hydrogen-bond acceptors (Lipinski definition) is 5. The molecule has 0 radical (unpaired) electrons. The molecule has 4 aromatic rings. The molecular formula is C25H22N4O. The largest absolute Gasteiger partial charge is 0.399 e. The van der Waals surface area contributed by atoms with Crippen LogP contribution >= 0.6 is 0 Å². The van der Waals surface area contributed by atoms with Gasteiger partial charge >= 0.3 is 0 Å². The number of nitrogen functional groups attached to an aromatic ring is 4. The van der Waals surface area contributed by atoms with Crippen LogP contribution in [0, 0.1) is 0 Å². The first-order valence-corrected chi connectivity index (χ1v) is 9.48. The summed E-state index contributed by atoms with van der Waals surface area (Å²) in [5.41, 5.74) is 30.9. The SMILES string of the molecule is Nc1ccc(-c2cccc(N)c2)cc1.Nc1ccc2c(c1)C(=O)c1cc(N)ccc1-2. The van der Waals surface area contributed by atoms with Gasteiger partial charge in [0, 0.05) is 33.9 Å². The number of carbonyl (C=O) groups excluding carboxylic acids is 1. The maximum Gasteiger partial charge on any atom is 0.194 e. The van der Waals surface area contributed by atoms with Crippen molar-refractivity contribution >= 4 is 28.5 Å². The lowest BCUT2D eigenvalue weighted by molar-refractivity contribution is 0.104. The van der Waals surface area contributed by atoms with Gasteiger partial charge in [0.25, 0.3) is 0 Å².